The lowest BCUT2D eigenvalue weighted by atomic mass is 9.92. The Kier molecular flexibility index (Phi) is 9.14. The summed E-state index contributed by atoms with van der Waals surface area (Å²) in [6.07, 6.45) is 3.92. The second-order valence-electron chi connectivity index (χ2n) is 20.7. The first-order valence-corrected chi connectivity index (χ1v) is 27.1. The highest BCUT2D eigenvalue weighted by Gasteiger charge is 2.36. The van der Waals surface area contributed by atoms with Crippen LogP contribution in [0.1, 0.15) is 27.8 Å². The van der Waals surface area contributed by atoms with Gasteiger partial charge in [0.15, 0.2) is 0 Å². The summed E-state index contributed by atoms with van der Waals surface area (Å²) in [4.78, 5) is 4.71. The van der Waals surface area contributed by atoms with Crippen molar-refractivity contribution in [3.63, 3.8) is 0 Å². The maximum absolute atomic E-state index is 13.0. The molecule has 0 aliphatic rings. The molecule has 10 aromatic carbocycles. The van der Waals surface area contributed by atoms with E-state index in [-0.39, 0.29) is 0 Å². The van der Waals surface area contributed by atoms with Gasteiger partial charge in [0.05, 0.1) is 66.9 Å². The standard InChI is InChI=1S/C70H46N6S/c1-40-18-13-32-56-61(40)45-22-5-9-28-52(45)73(56)66-50(38-71)67(74-53-29-10-6-23-46(53)62-41(2)19-14-33-57(62)74)69(76-55-31-12-8-25-48(55)64-43(4)21-16-35-59(64)76)65(49-27-17-26-44-51-39-72-37-36-60(51)77-70(44)49)68(66)75-54-30-11-7-24-47(54)63-42(3)20-15-34-58(63)75/h5-37,39H,1-4H3. The van der Waals surface area contributed by atoms with Gasteiger partial charge in [-0.25, -0.2) is 0 Å². The molecule has 77 heavy (non-hydrogen) atoms. The van der Waals surface area contributed by atoms with Crippen molar-refractivity contribution in [3.05, 3.63) is 234 Å². The Morgan fingerprint density at radius 1 is 0.364 bits per heavy atom. The van der Waals surface area contributed by atoms with Crippen LogP contribution in [0, 0.1) is 39.0 Å². The Labute approximate surface area is 446 Å². The Bertz CT molecular complexity index is 5030. The normalized spacial score (nSPS) is 12.1. The van der Waals surface area contributed by atoms with Gasteiger partial charge in [-0.1, -0.05) is 140 Å². The monoisotopic (exact) mass is 1000 g/mol. The Morgan fingerprint density at radius 2 is 0.714 bits per heavy atom. The van der Waals surface area contributed by atoms with Crippen molar-refractivity contribution < 1.29 is 0 Å². The Hall–Kier alpha value is -9.74. The summed E-state index contributed by atoms with van der Waals surface area (Å²) < 4.78 is 12.2. The van der Waals surface area contributed by atoms with E-state index in [0.29, 0.717) is 5.56 Å². The summed E-state index contributed by atoms with van der Waals surface area (Å²) in [6.45, 7) is 8.87. The number of thiophene rings is 1. The summed E-state index contributed by atoms with van der Waals surface area (Å²) in [5, 5.41) is 24.5. The average molecular weight is 1000 g/mol. The highest BCUT2D eigenvalue weighted by molar-refractivity contribution is 7.26. The quantitative estimate of drug-likeness (QED) is 0.172. The number of nitrogens with zero attached hydrogens (tertiary/aromatic N) is 6. The zero-order valence-electron chi connectivity index (χ0n) is 42.7. The minimum absolute atomic E-state index is 0.553. The molecule has 0 bridgehead atoms. The molecule has 0 fully saturated rings. The van der Waals surface area contributed by atoms with E-state index in [1.807, 2.05) is 23.7 Å². The molecule has 0 aliphatic carbocycles. The average Bonchev–Trinajstić information content (AvgIpc) is 4.18. The maximum Gasteiger partial charge on any atom is 0.104 e. The number of rotatable bonds is 5. The van der Waals surface area contributed by atoms with Crippen LogP contribution in [0.5, 0.6) is 0 Å². The van der Waals surface area contributed by atoms with Gasteiger partial charge >= 0.3 is 0 Å². The number of para-hydroxylation sites is 4. The van der Waals surface area contributed by atoms with Crippen LogP contribution in [0.4, 0.5) is 0 Å². The smallest absolute Gasteiger partial charge is 0.104 e. The van der Waals surface area contributed by atoms with E-state index < -0.39 is 0 Å². The van der Waals surface area contributed by atoms with E-state index in [9.17, 15) is 5.26 Å². The molecule has 362 valence electrons. The summed E-state index contributed by atoms with van der Waals surface area (Å²) in [6, 6.07) is 73.9. The van der Waals surface area contributed by atoms with E-state index in [2.05, 4.69) is 246 Å². The second-order valence-corrected chi connectivity index (χ2v) is 21.8. The number of aromatic nitrogens is 5. The van der Waals surface area contributed by atoms with E-state index in [0.717, 1.165) is 130 Å². The highest BCUT2D eigenvalue weighted by Crippen LogP contribution is 2.54. The van der Waals surface area contributed by atoms with Gasteiger partial charge in [-0.3, -0.25) is 4.98 Å². The zero-order valence-corrected chi connectivity index (χ0v) is 43.5. The van der Waals surface area contributed by atoms with E-state index >= 15 is 0 Å². The molecule has 0 saturated carbocycles. The number of benzene rings is 10. The van der Waals surface area contributed by atoms with Gasteiger partial charge in [0.25, 0.3) is 0 Å². The minimum Gasteiger partial charge on any atom is -0.306 e. The predicted molar refractivity (Wildman–Crippen MR) is 324 cm³/mol. The van der Waals surface area contributed by atoms with Crippen molar-refractivity contribution in [1.29, 1.82) is 5.26 Å². The summed E-state index contributed by atoms with van der Waals surface area (Å²) in [7, 11) is 0. The zero-order chi connectivity index (χ0) is 51.4. The molecule has 0 N–H and O–H groups in total. The fourth-order valence-electron chi connectivity index (χ4n) is 13.5. The predicted octanol–water partition coefficient (Wildman–Crippen LogP) is 18.6. The number of aryl methyl sites for hydroxylation is 4. The van der Waals surface area contributed by atoms with Crippen LogP contribution in [-0.4, -0.2) is 23.3 Å². The fraction of sp³-hybridized carbons (Fsp3) is 0.0571. The van der Waals surface area contributed by atoms with Gasteiger partial charge in [0, 0.05) is 86.8 Å². The van der Waals surface area contributed by atoms with E-state index in [4.69, 9.17) is 4.98 Å². The fourth-order valence-corrected chi connectivity index (χ4v) is 14.7. The van der Waals surface area contributed by atoms with Crippen molar-refractivity contribution in [2.75, 3.05) is 0 Å². The second kappa shape index (κ2) is 16.1. The minimum atomic E-state index is 0.553. The van der Waals surface area contributed by atoms with Gasteiger partial charge in [-0.15, -0.1) is 11.3 Å². The molecule has 6 heterocycles. The lowest BCUT2D eigenvalue weighted by Gasteiger charge is -2.29. The molecule has 7 heteroatoms. The van der Waals surface area contributed by atoms with Gasteiger partial charge in [0.1, 0.15) is 11.6 Å². The van der Waals surface area contributed by atoms with Crippen LogP contribution in [0.15, 0.2) is 207 Å². The Morgan fingerprint density at radius 3 is 1.12 bits per heavy atom. The maximum atomic E-state index is 13.0. The third kappa shape index (κ3) is 5.80. The number of hydrogen-bond donors (Lipinski definition) is 0. The van der Waals surface area contributed by atoms with E-state index in [1.165, 1.54) is 33.0 Å². The van der Waals surface area contributed by atoms with Crippen LogP contribution >= 0.6 is 11.3 Å². The number of pyridine rings is 1. The van der Waals surface area contributed by atoms with Crippen molar-refractivity contribution >= 4 is 119 Å². The van der Waals surface area contributed by atoms with Crippen LogP contribution in [0.3, 0.4) is 0 Å². The third-order valence-corrected chi connectivity index (χ3v) is 17.8. The van der Waals surface area contributed by atoms with Crippen LogP contribution in [-0.2, 0) is 0 Å². The largest absolute Gasteiger partial charge is 0.306 e. The summed E-state index contributed by atoms with van der Waals surface area (Å²) in [5.41, 5.74) is 19.1. The molecule has 0 radical (unpaired) electrons. The molecule has 0 spiro atoms. The van der Waals surface area contributed by atoms with Gasteiger partial charge in [0.2, 0.25) is 0 Å². The molecule has 16 aromatic rings. The lowest BCUT2D eigenvalue weighted by Crippen LogP contribution is -2.16. The molecule has 6 aromatic heterocycles. The van der Waals surface area contributed by atoms with Gasteiger partial charge < -0.3 is 18.3 Å². The first kappa shape index (κ1) is 43.6. The van der Waals surface area contributed by atoms with Gasteiger partial charge in [-0.05, 0) is 105 Å². The topological polar surface area (TPSA) is 56.4 Å². The molecule has 0 amide bonds. The first-order valence-electron chi connectivity index (χ1n) is 26.3. The molecule has 16 rings (SSSR count). The molecular weight excluding hydrogens is 957 g/mol. The van der Waals surface area contributed by atoms with Crippen molar-refractivity contribution in [2.24, 2.45) is 0 Å². The van der Waals surface area contributed by atoms with Crippen LogP contribution in [0.2, 0.25) is 0 Å². The number of nitriles is 1. The highest BCUT2D eigenvalue weighted by atomic mass is 32.1. The van der Waals surface area contributed by atoms with Crippen molar-refractivity contribution in [1.82, 2.24) is 23.3 Å². The first-order chi connectivity index (χ1) is 37.9. The van der Waals surface area contributed by atoms with Crippen LogP contribution in [0.25, 0.3) is 141 Å². The van der Waals surface area contributed by atoms with Crippen molar-refractivity contribution in [2.45, 2.75) is 27.7 Å². The molecule has 0 unspecified atom stereocenters. The molecule has 6 nitrogen and oxygen atoms in total. The van der Waals surface area contributed by atoms with E-state index in [1.54, 1.807) is 0 Å². The van der Waals surface area contributed by atoms with Crippen LogP contribution < -0.4 is 0 Å². The SMILES string of the molecule is Cc1cccc2c1c1ccccc1n2-c1c(C#N)c(-n2c3ccccc3c3c(C)cccc32)c(-n2c3ccccc3c3c(C)cccc32)c(-c2cccc3c2sc2ccncc23)c1-n1c2ccccc2c2c(C)cccc21. The Balaban J connectivity index is 1.31. The number of fused-ring (bicyclic) bond motifs is 15. The van der Waals surface area contributed by atoms with Crippen molar-refractivity contribution in [3.8, 4) is 39.9 Å². The summed E-state index contributed by atoms with van der Waals surface area (Å²) >= 11 is 1.81. The third-order valence-electron chi connectivity index (χ3n) is 16.6. The molecule has 0 aliphatic heterocycles. The molecule has 0 atom stereocenters. The molecular formula is C70H46N6S. The summed E-state index contributed by atoms with van der Waals surface area (Å²) in [5.74, 6) is 0. The number of hydrogen-bond acceptors (Lipinski definition) is 3. The molecule has 0 saturated heterocycles. The van der Waals surface area contributed by atoms with Gasteiger partial charge in [-0.2, -0.15) is 5.26 Å². The lowest BCUT2D eigenvalue weighted by molar-refractivity contribution is 1.04.